The lowest BCUT2D eigenvalue weighted by Gasteiger charge is -2.19. The number of rotatable bonds is 6. The molecule has 0 radical (unpaired) electrons. The van der Waals surface area contributed by atoms with Gasteiger partial charge in [-0.05, 0) is 30.9 Å². The van der Waals surface area contributed by atoms with Crippen LogP contribution in [0.5, 0.6) is 0 Å². The number of amides is 1. The van der Waals surface area contributed by atoms with E-state index in [2.05, 4.69) is 10.3 Å². The number of hydrogen-bond donors (Lipinski definition) is 2. The summed E-state index contributed by atoms with van der Waals surface area (Å²) in [5.74, 6) is -0.579. The van der Waals surface area contributed by atoms with Crippen molar-refractivity contribution in [2.75, 3.05) is 6.54 Å². The minimum Gasteiger partial charge on any atom is -0.364 e. The maximum Gasteiger partial charge on any atom is 0.401 e. The average Bonchev–Trinajstić information content (AvgIpc) is 2.35. The number of pyridine rings is 1. The van der Waals surface area contributed by atoms with Crippen LogP contribution in [-0.4, -0.2) is 29.7 Å². The molecule has 1 heterocycles. The van der Waals surface area contributed by atoms with Gasteiger partial charge < -0.3 is 11.1 Å². The van der Waals surface area contributed by atoms with E-state index in [1.165, 1.54) is 12.3 Å². The molecule has 2 atom stereocenters. The molecule has 0 spiro atoms. The highest BCUT2D eigenvalue weighted by Gasteiger charge is 2.27. The molecule has 0 fully saturated rings. The first-order valence-electron chi connectivity index (χ1n) is 6.25. The quantitative estimate of drug-likeness (QED) is 0.843. The van der Waals surface area contributed by atoms with Gasteiger partial charge in [-0.1, -0.05) is 13.0 Å². The standard InChI is InChI=1S/C13H18F3N3O/c1-8(5-9(2)19-7-13(14,15)16)10-3-4-11(12(17)20)18-6-10/h3-4,6,8-9,19H,5,7H2,1-2H3,(H2,17,20)/t8-,9-/m0/s1. The Hall–Kier alpha value is -1.63. The second-order valence-electron chi connectivity index (χ2n) is 4.87. The molecule has 0 aliphatic heterocycles. The highest BCUT2D eigenvalue weighted by Crippen LogP contribution is 2.21. The normalized spacial score (nSPS) is 14.8. The van der Waals surface area contributed by atoms with Crippen LogP contribution < -0.4 is 11.1 Å². The largest absolute Gasteiger partial charge is 0.401 e. The predicted octanol–water partition coefficient (Wildman–Crippen LogP) is 2.21. The number of hydrogen-bond acceptors (Lipinski definition) is 3. The maximum absolute atomic E-state index is 12.1. The number of nitrogens with two attached hydrogens (primary N) is 1. The third-order valence-electron chi connectivity index (χ3n) is 2.97. The zero-order valence-electron chi connectivity index (χ0n) is 11.4. The summed E-state index contributed by atoms with van der Waals surface area (Å²) in [6.45, 7) is 2.60. The van der Waals surface area contributed by atoms with Gasteiger partial charge >= 0.3 is 6.18 Å². The minimum atomic E-state index is -4.21. The predicted molar refractivity (Wildman–Crippen MR) is 69.3 cm³/mol. The first-order valence-corrected chi connectivity index (χ1v) is 6.25. The van der Waals surface area contributed by atoms with Gasteiger partial charge in [0.2, 0.25) is 0 Å². The molecule has 4 nitrogen and oxygen atoms in total. The maximum atomic E-state index is 12.1. The molecule has 0 aromatic carbocycles. The Morgan fingerprint density at radius 1 is 1.40 bits per heavy atom. The van der Waals surface area contributed by atoms with Gasteiger partial charge in [-0.15, -0.1) is 0 Å². The molecule has 0 aliphatic carbocycles. The van der Waals surface area contributed by atoms with Crippen LogP contribution in [0, 0.1) is 0 Å². The van der Waals surface area contributed by atoms with Gasteiger partial charge in [-0.2, -0.15) is 13.2 Å². The Balaban J connectivity index is 2.53. The number of carbonyl (C=O) groups excluding carboxylic acids is 1. The summed E-state index contributed by atoms with van der Waals surface area (Å²) in [4.78, 5) is 14.8. The molecule has 20 heavy (non-hydrogen) atoms. The number of halogens is 3. The zero-order chi connectivity index (χ0) is 15.3. The van der Waals surface area contributed by atoms with E-state index in [1.807, 2.05) is 6.92 Å². The van der Waals surface area contributed by atoms with Crippen LogP contribution >= 0.6 is 0 Å². The van der Waals surface area contributed by atoms with Gasteiger partial charge in [0, 0.05) is 12.2 Å². The van der Waals surface area contributed by atoms with Crippen molar-refractivity contribution in [2.45, 2.75) is 38.4 Å². The van der Waals surface area contributed by atoms with Gasteiger partial charge in [0.05, 0.1) is 6.54 Å². The van der Waals surface area contributed by atoms with Crippen molar-refractivity contribution in [3.05, 3.63) is 29.6 Å². The molecule has 1 rings (SSSR count). The number of nitrogens with zero attached hydrogens (tertiary/aromatic N) is 1. The van der Waals surface area contributed by atoms with Crippen LogP contribution in [0.2, 0.25) is 0 Å². The number of aromatic nitrogens is 1. The van der Waals surface area contributed by atoms with Crippen LogP contribution in [0.4, 0.5) is 13.2 Å². The second kappa shape index (κ2) is 6.69. The van der Waals surface area contributed by atoms with Crippen LogP contribution in [0.25, 0.3) is 0 Å². The molecule has 1 aromatic heterocycles. The molecule has 0 saturated heterocycles. The van der Waals surface area contributed by atoms with E-state index >= 15 is 0 Å². The van der Waals surface area contributed by atoms with Crippen molar-refractivity contribution < 1.29 is 18.0 Å². The van der Waals surface area contributed by atoms with E-state index in [9.17, 15) is 18.0 Å². The average molecular weight is 289 g/mol. The summed E-state index contributed by atoms with van der Waals surface area (Å²) in [5.41, 5.74) is 6.11. The topological polar surface area (TPSA) is 68.0 Å². The van der Waals surface area contributed by atoms with Crippen LogP contribution in [0.3, 0.4) is 0 Å². The van der Waals surface area contributed by atoms with Gasteiger partial charge in [0.25, 0.3) is 5.91 Å². The Morgan fingerprint density at radius 3 is 2.50 bits per heavy atom. The van der Waals surface area contributed by atoms with E-state index in [1.54, 1.807) is 13.0 Å². The van der Waals surface area contributed by atoms with Gasteiger partial charge in [0.15, 0.2) is 0 Å². The molecule has 112 valence electrons. The number of alkyl halides is 3. The van der Waals surface area contributed by atoms with Crippen molar-refractivity contribution in [3.63, 3.8) is 0 Å². The summed E-state index contributed by atoms with van der Waals surface area (Å²) >= 11 is 0. The SMILES string of the molecule is C[C@@H](C[C@H](C)c1ccc(C(N)=O)nc1)NCC(F)(F)F. The van der Waals surface area contributed by atoms with Crippen molar-refractivity contribution in [1.82, 2.24) is 10.3 Å². The van der Waals surface area contributed by atoms with Gasteiger partial charge in [-0.25, -0.2) is 0 Å². The zero-order valence-corrected chi connectivity index (χ0v) is 11.4. The lowest BCUT2D eigenvalue weighted by molar-refractivity contribution is -0.126. The number of primary amides is 1. The fraction of sp³-hybridized carbons (Fsp3) is 0.538. The number of nitrogens with one attached hydrogen (secondary N) is 1. The molecule has 1 amide bonds. The summed E-state index contributed by atoms with van der Waals surface area (Å²) in [6.07, 6.45) is -2.14. The fourth-order valence-corrected chi connectivity index (χ4v) is 1.88. The highest BCUT2D eigenvalue weighted by molar-refractivity contribution is 5.90. The highest BCUT2D eigenvalue weighted by atomic mass is 19.4. The lowest BCUT2D eigenvalue weighted by Crippen LogP contribution is -2.36. The van der Waals surface area contributed by atoms with Crippen molar-refractivity contribution >= 4 is 5.91 Å². The second-order valence-corrected chi connectivity index (χ2v) is 4.87. The van der Waals surface area contributed by atoms with E-state index in [4.69, 9.17) is 5.73 Å². The van der Waals surface area contributed by atoms with E-state index in [-0.39, 0.29) is 17.7 Å². The monoisotopic (exact) mass is 289 g/mol. The van der Waals surface area contributed by atoms with E-state index < -0.39 is 18.6 Å². The van der Waals surface area contributed by atoms with Crippen molar-refractivity contribution in [3.8, 4) is 0 Å². The van der Waals surface area contributed by atoms with Crippen molar-refractivity contribution in [2.24, 2.45) is 5.73 Å². The van der Waals surface area contributed by atoms with E-state index in [0.29, 0.717) is 6.42 Å². The molecular formula is C13H18F3N3O. The Labute approximate surface area is 115 Å². The Bertz CT molecular complexity index is 445. The summed E-state index contributed by atoms with van der Waals surface area (Å²) in [5, 5.41) is 2.43. The molecular weight excluding hydrogens is 271 g/mol. The molecule has 1 aromatic rings. The first-order chi connectivity index (χ1) is 9.19. The van der Waals surface area contributed by atoms with Crippen LogP contribution in [0.15, 0.2) is 18.3 Å². The minimum absolute atomic E-state index is 0.0279. The molecule has 0 saturated carbocycles. The lowest BCUT2D eigenvalue weighted by atomic mass is 9.95. The third-order valence-corrected chi connectivity index (χ3v) is 2.97. The third kappa shape index (κ3) is 5.56. The number of carbonyl (C=O) groups is 1. The summed E-state index contributed by atoms with van der Waals surface area (Å²) in [7, 11) is 0. The molecule has 0 aliphatic rings. The Kier molecular flexibility index (Phi) is 5.50. The summed E-state index contributed by atoms with van der Waals surface area (Å²) in [6, 6.07) is 2.96. The molecule has 0 bridgehead atoms. The van der Waals surface area contributed by atoms with Gasteiger partial charge in [-0.3, -0.25) is 9.78 Å². The molecule has 7 heteroatoms. The first kappa shape index (κ1) is 16.4. The van der Waals surface area contributed by atoms with Crippen LogP contribution in [0.1, 0.15) is 42.2 Å². The van der Waals surface area contributed by atoms with Crippen molar-refractivity contribution in [1.29, 1.82) is 0 Å². The van der Waals surface area contributed by atoms with Crippen LogP contribution in [-0.2, 0) is 0 Å². The summed E-state index contributed by atoms with van der Waals surface area (Å²) < 4.78 is 36.2. The van der Waals surface area contributed by atoms with Gasteiger partial charge in [0.1, 0.15) is 5.69 Å². The van der Waals surface area contributed by atoms with E-state index in [0.717, 1.165) is 5.56 Å². The molecule has 0 unspecified atom stereocenters. The Morgan fingerprint density at radius 2 is 2.05 bits per heavy atom. The molecule has 3 N–H and O–H groups in total. The fourth-order valence-electron chi connectivity index (χ4n) is 1.88. The smallest absolute Gasteiger partial charge is 0.364 e.